The fraction of sp³-hybridized carbons (Fsp3) is 1.00. The lowest BCUT2D eigenvalue weighted by molar-refractivity contribution is -0.500. The van der Waals surface area contributed by atoms with Gasteiger partial charge in [-0.2, -0.15) is 0 Å². The van der Waals surface area contributed by atoms with Crippen molar-refractivity contribution in [2.75, 3.05) is 6.54 Å². The molecule has 0 heterocycles. The Hall–Kier alpha value is -0.640. The summed E-state index contributed by atoms with van der Waals surface area (Å²) in [6, 6.07) is 0. The van der Waals surface area contributed by atoms with E-state index in [4.69, 9.17) is 0 Å². The Kier molecular flexibility index (Phi) is 2.47. The maximum atomic E-state index is 10.4. The smallest absolute Gasteiger partial charge is 0.232 e. The third-order valence-corrected chi connectivity index (χ3v) is 3.77. The summed E-state index contributed by atoms with van der Waals surface area (Å²) in [7, 11) is 0. The Morgan fingerprint density at radius 2 is 1.79 bits per heavy atom. The van der Waals surface area contributed by atoms with Gasteiger partial charge in [-0.1, -0.05) is 25.7 Å². The molecule has 0 aliphatic heterocycles. The first kappa shape index (κ1) is 9.90. The van der Waals surface area contributed by atoms with E-state index in [1.54, 1.807) is 0 Å². The average molecular weight is 199 g/mol. The predicted octanol–water partition coefficient (Wildman–Crippen LogP) is 1.59. The van der Waals surface area contributed by atoms with Crippen LogP contribution in [0.25, 0.3) is 0 Å². The summed E-state index contributed by atoms with van der Waals surface area (Å²) in [5, 5.41) is 20.5. The van der Waals surface area contributed by atoms with Gasteiger partial charge in [0, 0.05) is 4.92 Å². The second-order valence-corrected chi connectivity index (χ2v) is 4.93. The SMILES string of the molecule is O=[N+]([O-])C[C@]1(O)C[C@H]2CCCC[C@H]2C1. The molecule has 0 aromatic rings. The van der Waals surface area contributed by atoms with Crippen LogP contribution in [0.15, 0.2) is 0 Å². The molecule has 4 nitrogen and oxygen atoms in total. The van der Waals surface area contributed by atoms with Crippen molar-refractivity contribution >= 4 is 0 Å². The van der Waals surface area contributed by atoms with Gasteiger partial charge in [-0.05, 0) is 24.7 Å². The fourth-order valence-electron chi connectivity index (χ4n) is 3.25. The van der Waals surface area contributed by atoms with Gasteiger partial charge < -0.3 is 5.11 Å². The minimum absolute atomic E-state index is 0.264. The van der Waals surface area contributed by atoms with E-state index < -0.39 is 5.60 Å². The van der Waals surface area contributed by atoms with Crippen LogP contribution in [0.3, 0.4) is 0 Å². The number of rotatable bonds is 2. The molecule has 3 atom stereocenters. The van der Waals surface area contributed by atoms with Crippen LogP contribution in [0.2, 0.25) is 0 Å². The second kappa shape index (κ2) is 3.50. The molecule has 2 rings (SSSR count). The van der Waals surface area contributed by atoms with Crippen LogP contribution in [0.5, 0.6) is 0 Å². The number of hydrogen-bond acceptors (Lipinski definition) is 3. The largest absolute Gasteiger partial charge is 0.383 e. The molecule has 0 aromatic carbocycles. The van der Waals surface area contributed by atoms with Crippen molar-refractivity contribution in [2.45, 2.75) is 44.1 Å². The molecule has 0 radical (unpaired) electrons. The Balaban J connectivity index is 2.00. The van der Waals surface area contributed by atoms with E-state index in [2.05, 4.69) is 0 Å². The standard InChI is InChI=1S/C10H17NO3/c12-10(7-11(13)14)5-8-3-1-2-4-9(8)6-10/h8-9,12H,1-7H2/t8-,9+,10+. The highest BCUT2D eigenvalue weighted by Crippen LogP contribution is 2.46. The number of nitro groups is 1. The highest BCUT2D eigenvalue weighted by molar-refractivity contribution is 4.95. The van der Waals surface area contributed by atoms with Crippen LogP contribution in [0.4, 0.5) is 0 Å². The van der Waals surface area contributed by atoms with Crippen LogP contribution in [-0.4, -0.2) is 22.2 Å². The molecular formula is C10H17NO3. The fourth-order valence-corrected chi connectivity index (χ4v) is 3.25. The van der Waals surface area contributed by atoms with Gasteiger partial charge >= 0.3 is 0 Å². The Morgan fingerprint density at radius 1 is 1.29 bits per heavy atom. The van der Waals surface area contributed by atoms with Gasteiger partial charge in [-0.15, -0.1) is 0 Å². The maximum Gasteiger partial charge on any atom is 0.232 e. The number of fused-ring (bicyclic) bond motifs is 1. The molecule has 14 heavy (non-hydrogen) atoms. The Morgan fingerprint density at radius 3 is 2.21 bits per heavy atom. The highest BCUT2D eigenvalue weighted by Gasteiger charge is 2.47. The van der Waals surface area contributed by atoms with E-state index >= 15 is 0 Å². The van der Waals surface area contributed by atoms with Crippen LogP contribution >= 0.6 is 0 Å². The van der Waals surface area contributed by atoms with Gasteiger partial charge in [0.15, 0.2) is 0 Å². The second-order valence-electron chi connectivity index (χ2n) is 4.93. The van der Waals surface area contributed by atoms with E-state index in [1.807, 2.05) is 0 Å². The minimum Gasteiger partial charge on any atom is -0.383 e. The van der Waals surface area contributed by atoms with Crippen LogP contribution in [0, 0.1) is 22.0 Å². The summed E-state index contributed by atoms with van der Waals surface area (Å²) in [4.78, 5) is 10.0. The van der Waals surface area contributed by atoms with Crippen molar-refractivity contribution in [1.82, 2.24) is 0 Å². The van der Waals surface area contributed by atoms with Gasteiger partial charge in [0.25, 0.3) is 0 Å². The molecular weight excluding hydrogens is 182 g/mol. The zero-order valence-corrected chi connectivity index (χ0v) is 8.32. The molecule has 0 saturated heterocycles. The van der Waals surface area contributed by atoms with Crippen molar-refractivity contribution in [1.29, 1.82) is 0 Å². The van der Waals surface area contributed by atoms with Crippen LogP contribution < -0.4 is 0 Å². The van der Waals surface area contributed by atoms with Crippen LogP contribution in [-0.2, 0) is 0 Å². The average Bonchev–Trinajstić information content (AvgIpc) is 2.38. The normalized spacial score (nSPS) is 42.1. The molecule has 0 aromatic heterocycles. The monoisotopic (exact) mass is 199 g/mol. The molecule has 0 unspecified atom stereocenters. The third-order valence-electron chi connectivity index (χ3n) is 3.77. The first-order valence-electron chi connectivity index (χ1n) is 5.43. The van der Waals surface area contributed by atoms with E-state index in [0.29, 0.717) is 24.7 Å². The van der Waals surface area contributed by atoms with E-state index in [0.717, 1.165) is 12.8 Å². The summed E-state index contributed by atoms with van der Waals surface area (Å²) in [5.41, 5.74) is -0.997. The van der Waals surface area contributed by atoms with Crippen molar-refractivity contribution in [2.24, 2.45) is 11.8 Å². The van der Waals surface area contributed by atoms with Gasteiger partial charge in [0.2, 0.25) is 6.54 Å². The lowest BCUT2D eigenvalue weighted by Crippen LogP contribution is -2.34. The van der Waals surface area contributed by atoms with Crippen molar-refractivity contribution in [3.63, 3.8) is 0 Å². The topological polar surface area (TPSA) is 63.4 Å². The maximum absolute atomic E-state index is 10.4. The zero-order chi connectivity index (χ0) is 10.2. The Labute approximate surface area is 83.5 Å². The van der Waals surface area contributed by atoms with Crippen LogP contribution in [0.1, 0.15) is 38.5 Å². The Bertz CT molecular complexity index is 228. The zero-order valence-electron chi connectivity index (χ0n) is 8.32. The molecule has 0 bridgehead atoms. The molecule has 1 N–H and O–H groups in total. The minimum atomic E-state index is -0.997. The molecule has 2 saturated carbocycles. The summed E-state index contributed by atoms with van der Waals surface area (Å²) < 4.78 is 0. The van der Waals surface area contributed by atoms with E-state index in [-0.39, 0.29) is 11.5 Å². The van der Waals surface area contributed by atoms with E-state index in [9.17, 15) is 15.2 Å². The first-order valence-corrected chi connectivity index (χ1v) is 5.43. The summed E-state index contributed by atoms with van der Waals surface area (Å²) in [6.07, 6.45) is 6.08. The van der Waals surface area contributed by atoms with Gasteiger partial charge in [-0.3, -0.25) is 10.1 Å². The summed E-state index contributed by atoms with van der Waals surface area (Å²) >= 11 is 0. The molecule has 2 fully saturated rings. The van der Waals surface area contributed by atoms with Gasteiger partial charge in [0.05, 0.1) is 0 Å². The molecule has 2 aliphatic rings. The van der Waals surface area contributed by atoms with Crippen molar-refractivity contribution in [3.05, 3.63) is 10.1 Å². The highest BCUT2D eigenvalue weighted by atomic mass is 16.6. The van der Waals surface area contributed by atoms with Gasteiger partial charge in [0.1, 0.15) is 5.60 Å². The number of nitrogens with zero attached hydrogens (tertiary/aromatic N) is 1. The molecule has 2 aliphatic carbocycles. The predicted molar refractivity (Wildman–Crippen MR) is 51.5 cm³/mol. The summed E-state index contributed by atoms with van der Waals surface area (Å²) in [5.74, 6) is 1.10. The molecule has 0 spiro atoms. The summed E-state index contributed by atoms with van der Waals surface area (Å²) in [6.45, 7) is -0.264. The van der Waals surface area contributed by atoms with Crippen molar-refractivity contribution in [3.8, 4) is 0 Å². The molecule has 0 amide bonds. The molecule has 80 valence electrons. The van der Waals surface area contributed by atoms with Gasteiger partial charge in [-0.25, -0.2) is 0 Å². The lowest BCUT2D eigenvalue weighted by atomic mass is 9.82. The van der Waals surface area contributed by atoms with E-state index in [1.165, 1.54) is 12.8 Å². The number of hydrogen-bond donors (Lipinski definition) is 1. The quantitative estimate of drug-likeness (QED) is 0.542. The number of aliphatic hydroxyl groups is 1. The van der Waals surface area contributed by atoms with Crippen molar-refractivity contribution < 1.29 is 10.0 Å². The molecule has 4 heteroatoms. The third kappa shape index (κ3) is 1.90. The first-order chi connectivity index (χ1) is 6.59. The lowest BCUT2D eigenvalue weighted by Gasteiger charge is -2.23.